The van der Waals surface area contributed by atoms with E-state index < -0.39 is 11.6 Å². The Morgan fingerprint density at radius 3 is 2.68 bits per heavy atom. The smallest absolute Gasteiger partial charge is 0.223 e. The molecule has 5 nitrogen and oxygen atoms in total. The molecule has 0 amide bonds. The monoisotopic (exact) mass is 368 g/mol. The Hall–Kier alpha value is -1.77. The van der Waals surface area contributed by atoms with E-state index in [1.54, 1.807) is 18.9 Å². The van der Waals surface area contributed by atoms with Gasteiger partial charge in [-0.2, -0.15) is 16.7 Å². The molecule has 1 aromatic carbocycles. The molecule has 0 spiro atoms. The van der Waals surface area contributed by atoms with Crippen molar-refractivity contribution in [2.45, 2.75) is 12.2 Å². The van der Waals surface area contributed by atoms with Crippen LogP contribution in [0.5, 0.6) is 5.88 Å². The van der Waals surface area contributed by atoms with E-state index in [0.29, 0.717) is 19.1 Å². The summed E-state index contributed by atoms with van der Waals surface area (Å²) in [5, 5.41) is 0. The van der Waals surface area contributed by atoms with Crippen LogP contribution in [0.2, 0.25) is 0 Å². The van der Waals surface area contributed by atoms with Gasteiger partial charge in [0.15, 0.2) is 12.6 Å². The van der Waals surface area contributed by atoms with Gasteiger partial charge in [-0.15, -0.1) is 0 Å². The molecule has 0 aliphatic carbocycles. The number of ether oxygens (including phenoxy) is 3. The molecule has 0 radical (unpaired) electrons. The first-order valence-electron chi connectivity index (χ1n) is 7.81. The number of hydrogen-bond acceptors (Lipinski definition) is 6. The third-order valence-electron chi connectivity index (χ3n) is 3.62. The number of hydrogen-bond donors (Lipinski definition) is 0. The fourth-order valence-electron chi connectivity index (χ4n) is 2.43. The Kier molecular flexibility index (Phi) is 6.17. The van der Waals surface area contributed by atoms with Crippen molar-refractivity contribution in [2.75, 3.05) is 32.9 Å². The highest BCUT2D eigenvalue weighted by Crippen LogP contribution is 2.32. The molecule has 0 fully saturated rings. The van der Waals surface area contributed by atoms with Crippen molar-refractivity contribution in [3.63, 3.8) is 0 Å². The Balaban J connectivity index is 1.87. The standard InChI is InChI=1S/C17H18F2N2O3S/c1-22-3-4-23-10-24-17-14-9-25-5-2-15(14)20-16(21-17)11-6-12(18)8-13(19)7-11/h6-8H,2-5,9-10H2,1H3. The molecule has 134 valence electrons. The Morgan fingerprint density at radius 2 is 1.92 bits per heavy atom. The quantitative estimate of drug-likeness (QED) is 0.553. The minimum absolute atomic E-state index is 0.0223. The van der Waals surface area contributed by atoms with Crippen LogP contribution >= 0.6 is 11.8 Å². The molecule has 2 aromatic rings. The maximum absolute atomic E-state index is 13.5. The van der Waals surface area contributed by atoms with Gasteiger partial charge in [-0.1, -0.05) is 0 Å². The van der Waals surface area contributed by atoms with Crippen molar-refractivity contribution in [3.8, 4) is 17.3 Å². The highest BCUT2D eigenvalue weighted by Gasteiger charge is 2.20. The van der Waals surface area contributed by atoms with Crippen LogP contribution in [0.15, 0.2) is 18.2 Å². The number of fused-ring (bicyclic) bond motifs is 1. The number of thioether (sulfide) groups is 1. The molecule has 0 bridgehead atoms. The van der Waals surface area contributed by atoms with Crippen LogP contribution in [0.3, 0.4) is 0 Å². The van der Waals surface area contributed by atoms with Crippen LogP contribution in [0.4, 0.5) is 8.78 Å². The number of aromatic nitrogens is 2. The van der Waals surface area contributed by atoms with Gasteiger partial charge in [-0.05, 0) is 24.3 Å². The SMILES string of the molecule is COCCOCOc1nc(-c2cc(F)cc(F)c2)nc2c1CSCC2. The zero-order valence-corrected chi connectivity index (χ0v) is 14.6. The molecule has 8 heteroatoms. The van der Waals surface area contributed by atoms with Gasteiger partial charge in [0.1, 0.15) is 11.6 Å². The van der Waals surface area contributed by atoms with Crippen LogP contribution in [0.1, 0.15) is 11.3 Å². The second-order valence-electron chi connectivity index (χ2n) is 5.40. The Labute approximate surface area is 148 Å². The van der Waals surface area contributed by atoms with Crippen molar-refractivity contribution in [2.24, 2.45) is 0 Å². The molecule has 25 heavy (non-hydrogen) atoms. The summed E-state index contributed by atoms with van der Waals surface area (Å²) in [4.78, 5) is 8.85. The van der Waals surface area contributed by atoms with E-state index in [-0.39, 0.29) is 18.2 Å². The summed E-state index contributed by atoms with van der Waals surface area (Å²) in [6, 6.07) is 3.24. The second kappa shape index (κ2) is 8.55. The molecule has 3 rings (SSSR count). The van der Waals surface area contributed by atoms with Crippen molar-refractivity contribution >= 4 is 11.8 Å². The molecular weight excluding hydrogens is 350 g/mol. The van der Waals surface area contributed by atoms with Crippen LogP contribution in [0, 0.1) is 11.6 Å². The lowest BCUT2D eigenvalue weighted by atomic mass is 10.1. The lowest BCUT2D eigenvalue weighted by molar-refractivity contribution is -0.0108. The number of aryl methyl sites for hydroxylation is 1. The van der Waals surface area contributed by atoms with Gasteiger partial charge >= 0.3 is 0 Å². The van der Waals surface area contributed by atoms with Crippen LogP contribution in [0.25, 0.3) is 11.4 Å². The molecule has 0 saturated carbocycles. The predicted octanol–water partition coefficient (Wildman–Crippen LogP) is 3.21. The highest BCUT2D eigenvalue weighted by atomic mass is 32.2. The van der Waals surface area contributed by atoms with E-state index in [1.807, 2.05) is 0 Å². The van der Waals surface area contributed by atoms with Gasteiger partial charge in [0.05, 0.1) is 18.9 Å². The third kappa shape index (κ3) is 4.65. The van der Waals surface area contributed by atoms with Crippen LogP contribution in [-0.2, 0) is 21.6 Å². The minimum Gasteiger partial charge on any atom is -0.450 e. The number of methoxy groups -OCH3 is 1. The zero-order chi connectivity index (χ0) is 17.6. The molecule has 0 atom stereocenters. The second-order valence-corrected chi connectivity index (χ2v) is 6.51. The third-order valence-corrected chi connectivity index (χ3v) is 4.60. The van der Waals surface area contributed by atoms with Gasteiger partial charge in [-0.3, -0.25) is 0 Å². The van der Waals surface area contributed by atoms with Crippen molar-refractivity contribution in [1.82, 2.24) is 9.97 Å². The topological polar surface area (TPSA) is 53.5 Å². The number of benzene rings is 1. The summed E-state index contributed by atoms with van der Waals surface area (Å²) in [6.45, 7) is 0.893. The predicted molar refractivity (Wildman–Crippen MR) is 90.6 cm³/mol. The molecule has 0 unspecified atom stereocenters. The molecule has 0 saturated heterocycles. The van der Waals surface area contributed by atoms with Crippen molar-refractivity contribution in [1.29, 1.82) is 0 Å². The van der Waals surface area contributed by atoms with E-state index in [2.05, 4.69) is 9.97 Å². The minimum atomic E-state index is -0.669. The van der Waals surface area contributed by atoms with E-state index in [9.17, 15) is 8.78 Å². The first-order chi connectivity index (χ1) is 12.2. The average Bonchev–Trinajstić information content (AvgIpc) is 2.60. The average molecular weight is 368 g/mol. The van der Waals surface area contributed by atoms with E-state index in [1.165, 1.54) is 12.1 Å². The van der Waals surface area contributed by atoms with Gasteiger partial charge in [0.2, 0.25) is 5.88 Å². The molecular formula is C17H18F2N2O3S. The summed E-state index contributed by atoms with van der Waals surface area (Å²) in [6.07, 6.45) is 0.758. The molecule has 1 aliphatic rings. The largest absolute Gasteiger partial charge is 0.450 e. The zero-order valence-electron chi connectivity index (χ0n) is 13.8. The fourth-order valence-corrected chi connectivity index (χ4v) is 3.41. The first-order valence-corrected chi connectivity index (χ1v) is 8.96. The van der Waals surface area contributed by atoms with Gasteiger partial charge in [0.25, 0.3) is 0 Å². The number of nitrogens with zero attached hydrogens (tertiary/aromatic N) is 2. The lowest BCUT2D eigenvalue weighted by Gasteiger charge is -2.19. The van der Waals surface area contributed by atoms with Crippen molar-refractivity contribution in [3.05, 3.63) is 41.1 Å². The highest BCUT2D eigenvalue weighted by molar-refractivity contribution is 7.98. The van der Waals surface area contributed by atoms with Gasteiger partial charge in [0, 0.05) is 30.1 Å². The molecule has 1 aliphatic heterocycles. The Bertz CT molecular complexity index is 726. The van der Waals surface area contributed by atoms with E-state index >= 15 is 0 Å². The summed E-state index contributed by atoms with van der Waals surface area (Å²) >= 11 is 1.76. The van der Waals surface area contributed by atoms with E-state index in [4.69, 9.17) is 14.2 Å². The summed E-state index contributed by atoms with van der Waals surface area (Å²) in [7, 11) is 1.59. The number of rotatable bonds is 7. The van der Waals surface area contributed by atoms with Crippen molar-refractivity contribution < 1.29 is 23.0 Å². The summed E-state index contributed by atoms with van der Waals surface area (Å²) < 4.78 is 42.9. The van der Waals surface area contributed by atoms with Crippen LogP contribution < -0.4 is 4.74 Å². The summed E-state index contributed by atoms with van der Waals surface area (Å²) in [5.74, 6) is 0.977. The van der Waals surface area contributed by atoms with E-state index in [0.717, 1.165) is 35.3 Å². The summed E-state index contributed by atoms with van der Waals surface area (Å²) in [5.41, 5.74) is 2.04. The number of halogens is 2. The lowest BCUT2D eigenvalue weighted by Crippen LogP contribution is -2.14. The molecule has 2 heterocycles. The first kappa shape index (κ1) is 18.0. The fraction of sp³-hybridized carbons (Fsp3) is 0.412. The molecule has 1 aromatic heterocycles. The normalized spacial score (nSPS) is 13.6. The maximum atomic E-state index is 13.5. The van der Waals surface area contributed by atoms with Crippen LogP contribution in [-0.4, -0.2) is 42.8 Å². The maximum Gasteiger partial charge on any atom is 0.223 e. The van der Waals surface area contributed by atoms with Gasteiger partial charge < -0.3 is 14.2 Å². The van der Waals surface area contributed by atoms with Gasteiger partial charge in [-0.25, -0.2) is 13.8 Å². The Morgan fingerprint density at radius 1 is 1.12 bits per heavy atom. The molecule has 0 N–H and O–H groups in total.